The molecule has 1 unspecified atom stereocenters. The summed E-state index contributed by atoms with van der Waals surface area (Å²) < 4.78 is 6.29. The van der Waals surface area contributed by atoms with Gasteiger partial charge < -0.3 is 24.2 Å². The van der Waals surface area contributed by atoms with E-state index in [1.165, 1.54) is 0 Å². The Kier molecular flexibility index (Phi) is 10.0. The molecule has 11 heteroatoms. The summed E-state index contributed by atoms with van der Waals surface area (Å²) in [6.45, 7) is 9.42. The first-order chi connectivity index (χ1) is 23.7. The average molecular weight is 659 g/mol. The Labute approximate surface area is 285 Å². The molecule has 252 valence electrons. The third-order valence-corrected chi connectivity index (χ3v) is 8.51. The molecule has 2 amide bonds. The molecule has 6 aromatic rings. The third kappa shape index (κ3) is 7.31. The molecular weight excluding hydrogens is 616 g/mol. The molecular formula is C38H42N8O3. The largest absolute Gasteiger partial charge is 0.436 e. The van der Waals surface area contributed by atoms with Crippen LogP contribution in [0.15, 0.2) is 90.0 Å². The second kappa shape index (κ2) is 14.7. The molecule has 0 saturated carbocycles. The van der Waals surface area contributed by atoms with Crippen LogP contribution in [0.5, 0.6) is 0 Å². The molecule has 3 aromatic carbocycles. The van der Waals surface area contributed by atoms with Gasteiger partial charge in [0.25, 0.3) is 0 Å². The Morgan fingerprint density at radius 3 is 2.41 bits per heavy atom. The molecule has 2 N–H and O–H groups in total. The van der Waals surface area contributed by atoms with Gasteiger partial charge in [-0.05, 0) is 62.8 Å². The van der Waals surface area contributed by atoms with Crippen LogP contribution in [0.25, 0.3) is 44.8 Å². The SMILES string of the molecule is C=CCCN(Cc1nc2ccc(-c3cnc(-c4cccc5[nH]c(CN(CCC)C(C)=O)nc45)o3)cc2[nH]1)C(=O)C(c1ccccc1)N(C)C. The van der Waals surface area contributed by atoms with Crippen molar-refractivity contribution in [2.75, 3.05) is 27.2 Å². The van der Waals surface area contributed by atoms with Gasteiger partial charge >= 0.3 is 0 Å². The Bertz CT molecular complexity index is 2080. The van der Waals surface area contributed by atoms with E-state index in [1.54, 1.807) is 18.0 Å². The summed E-state index contributed by atoms with van der Waals surface area (Å²) in [5.41, 5.74) is 5.74. The van der Waals surface area contributed by atoms with E-state index in [0.29, 0.717) is 55.9 Å². The summed E-state index contributed by atoms with van der Waals surface area (Å²) in [5.74, 6) is 2.47. The van der Waals surface area contributed by atoms with Crippen molar-refractivity contribution in [2.24, 2.45) is 0 Å². The maximum absolute atomic E-state index is 13.9. The molecule has 0 aliphatic rings. The summed E-state index contributed by atoms with van der Waals surface area (Å²) >= 11 is 0. The van der Waals surface area contributed by atoms with Gasteiger partial charge in [-0.2, -0.15) is 0 Å². The number of benzene rings is 3. The maximum atomic E-state index is 13.9. The number of hydrogen-bond donors (Lipinski definition) is 2. The van der Waals surface area contributed by atoms with E-state index in [2.05, 4.69) is 21.5 Å². The van der Waals surface area contributed by atoms with Crippen molar-refractivity contribution in [3.8, 4) is 22.8 Å². The van der Waals surface area contributed by atoms with Crippen molar-refractivity contribution in [3.05, 3.63) is 103 Å². The van der Waals surface area contributed by atoms with Gasteiger partial charge in [0.15, 0.2) is 5.76 Å². The minimum absolute atomic E-state index is 0.00424. The van der Waals surface area contributed by atoms with Crippen molar-refractivity contribution < 1.29 is 14.0 Å². The van der Waals surface area contributed by atoms with Gasteiger partial charge in [0.2, 0.25) is 17.7 Å². The van der Waals surface area contributed by atoms with Crippen molar-refractivity contribution >= 4 is 33.9 Å². The van der Waals surface area contributed by atoms with Gasteiger partial charge in [-0.3, -0.25) is 14.5 Å². The lowest BCUT2D eigenvalue weighted by Gasteiger charge is -2.30. The Balaban J connectivity index is 1.24. The van der Waals surface area contributed by atoms with Crippen molar-refractivity contribution in [3.63, 3.8) is 0 Å². The molecule has 1 atom stereocenters. The van der Waals surface area contributed by atoms with Crippen molar-refractivity contribution in [1.82, 2.24) is 39.6 Å². The number of oxazole rings is 1. The van der Waals surface area contributed by atoms with Crippen LogP contribution in [0.1, 0.15) is 49.9 Å². The minimum atomic E-state index is -0.419. The number of aromatic amines is 2. The van der Waals surface area contributed by atoms with Crippen LogP contribution in [0.4, 0.5) is 0 Å². The Hall–Kier alpha value is -5.55. The zero-order chi connectivity index (χ0) is 34.5. The van der Waals surface area contributed by atoms with Crippen LogP contribution in [-0.4, -0.2) is 78.6 Å². The first-order valence-electron chi connectivity index (χ1n) is 16.5. The molecule has 3 heterocycles. The van der Waals surface area contributed by atoms with Crippen LogP contribution in [0, 0.1) is 0 Å². The van der Waals surface area contributed by atoms with Crippen LogP contribution in [0.3, 0.4) is 0 Å². The molecule has 0 radical (unpaired) electrons. The van der Waals surface area contributed by atoms with Crippen molar-refractivity contribution in [2.45, 2.75) is 45.8 Å². The summed E-state index contributed by atoms with van der Waals surface area (Å²) in [6.07, 6.45) is 5.07. The van der Waals surface area contributed by atoms with Crippen LogP contribution in [-0.2, 0) is 22.7 Å². The number of para-hydroxylation sites is 1. The monoisotopic (exact) mass is 658 g/mol. The molecule has 6 rings (SSSR count). The maximum Gasteiger partial charge on any atom is 0.244 e. The number of rotatable bonds is 14. The fourth-order valence-corrected chi connectivity index (χ4v) is 6.12. The number of likely N-dealkylation sites (N-methyl/N-ethyl adjacent to an activating group) is 1. The Morgan fingerprint density at radius 1 is 0.918 bits per heavy atom. The highest BCUT2D eigenvalue weighted by atomic mass is 16.4. The summed E-state index contributed by atoms with van der Waals surface area (Å²) in [6, 6.07) is 21.1. The highest BCUT2D eigenvalue weighted by Crippen LogP contribution is 2.32. The van der Waals surface area contributed by atoms with E-state index in [9.17, 15) is 9.59 Å². The van der Waals surface area contributed by atoms with Gasteiger partial charge in [0.05, 0.1) is 41.4 Å². The van der Waals surface area contributed by atoms with Crippen molar-refractivity contribution in [1.29, 1.82) is 0 Å². The second-order valence-corrected chi connectivity index (χ2v) is 12.4. The highest BCUT2D eigenvalue weighted by Gasteiger charge is 2.28. The lowest BCUT2D eigenvalue weighted by molar-refractivity contribution is -0.137. The second-order valence-electron chi connectivity index (χ2n) is 12.4. The van der Waals surface area contributed by atoms with Gasteiger partial charge in [0.1, 0.15) is 23.2 Å². The molecule has 0 spiro atoms. The fraction of sp³-hybridized carbons (Fsp3) is 0.289. The summed E-state index contributed by atoms with van der Waals surface area (Å²) in [5, 5.41) is 0. The summed E-state index contributed by atoms with van der Waals surface area (Å²) in [4.78, 5) is 52.6. The number of H-pyrrole nitrogens is 2. The van der Waals surface area contributed by atoms with Crippen LogP contribution in [0.2, 0.25) is 0 Å². The zero-order valence-corrected chi connectivity index (χ0v) is 28.4. The van der Waals surface area contributed by atoms with Crippen LogP contribution < -0.4 is 0 Å². The lowest BCUT2D eigenvalue weighted by Crippen LogP contribution is -2.40. The molecule has 0 bridgehead atoms. The lowest BCUT2D eigenvalue weighted by atomic mass is 10.0. The number of nitrogens with zero attached hydrogens (tertiary/aromatic N) is 6. The predicted molar refractivity (Wildman–Crippen MR) is 191 cm³/mol. The Morgan fingerprint density at radius 2 is 1.67 bits per heavy atom. The number of fused-ring (bicyclic) bond motifs is 2. The van der Waals surface area contributed by atoms with Crippen LogP contribution >= 0.6 is 0 Å². The number of carbonyl (C=O) groups excluding carboxylic acids is 2. The molecule has 0 saturated heterocycles. The highest BCUT2D eigenvalue weighted by molar-refractivity contribution is 5.90. The zero-order valence-electron chi connectivity index (χ0n) is 28.4. The normalized spacial score (nSPS) is 12.1. The molecule has 0 aliphatic heterocycles. The number of nitrogens with one attached hydrogen (secondary N) is 2. The number of hydrogen-bond acceptors (Lipinski definition) is 7. The number of amides is 2. The summed E-state index contributed by atoms with van der Waals surface area (Å²) in [7, 11) is 3.84. The third-order valence-electron chi connectivity index (χ3n) is 8.51. The predicted octanol–water partition coefficient (Wildman–Crippen LogP) is 6.73. The quantitative estimate of drug-likeness (QED) is 0.124. The van der Waals surface area contributed by atoms with E-state index in [4.69, 9.17) is 14.4 Å². The van der Waals surface area contributed by atoms with E-state index in [1.807, 2.05) is 104 Å². The standard InChI is InChI=1S/C38H42N8O3/c1-6-8-20-46(38(48)36(44(4)5)26-13-10-9-11-14-26)24-33-40-29-18-17-27(21-31(29)42-33)32-22-39-37(49-32)28-15-12-16-30-35(28)43-34(41-30)23-45(19-7-2)25(3)47/h6,9-18,21-22,36H,1,7-8,19-20,23-24H2,2-5H3,(H,40,42)(H,41,43). The van der Waals surface area contributed by atoms with E-state index < -0.39 is 6.04 Å². The van der Waals surface area contributed by atoms with Gasteiger partial charge in [0, 0.05) is 25.6 Å². The molecule has 11 nitrogen and oxygen atoms in total. The molecule has 49 heavy (non-hydrogen) atoms. The number of imidazole rings is 2. The van der Waals surface area contributed by atoms with E-state index >= 15 is 0 Å². The van der Waals surface area contributed by atoms with Gasteiger partial charge in [-0.15, -0.1) is 6.58 Å². The first-order valence-corrected chi connectivity index (χ1v) is 16.5. The fourth-order valence-electron chi connectivity index (χ4n) is 6.12. The molecule has 0 fully saturated rings. The van der Waals surface area contributed by atoms with Gasteiger partial charge in [-0.25, -0.2) is 15.0 Å². The molecule has 0 aliphatic carbocycles. The average Bonchev–Trinajstić information content (AvgIpc) is 3.84. The topological polar surface area (TPSA) is 127 Å². The van der Waals surface area contributed by atoms with E-state index in [0.717, 1.165) is 45.2 Å². The number of aromatic nitrogens is 5. The number of carbonyl (C=O) groups is 2. The minimum Gasteiger partial charge on any atom is -0.436 e. The first kappa shape index (κ1) is 33.4. The molecule has 3 aromatic heterocycles. The van der Waals surface area contributed by atoms with E-state index in [-0.39, 0.29) is 11.8 Å². The van der Waals surface area contributed by atoms with Gasteiger partial charge in [-0.1, -0.05) is 49.4 Å². The smallest absolute Gasteiger partial charge is 0.244 e.